The molecule has 4 aliphatic carbocycles. The largest absolute Gasteiger partial charge is 0.376 e. The van der Waals surface area contributed by atoms with Crippen LogP contribution in [0.1, 0.15) is 65.7 Å². The molecular formula is C16H28O. The Morgan fingerprint density at radius 1 is 0.941 bits per heavy atom. The van der Waals surface area contributed by atoms with Crippen LogP contribution in [0.2, 0.25) is 0 Å². The van der Waals surface area contributed by atoms with Crippen molar-refractivity contribution in [3.05, 3.63) is 0 Å². The fourth-order valence-corrected chi connectivity index (χ4v) is 5.17. The summed E-state index contributed by atoms with van der Waals surface area (Å²) in [5.74, 6) is 3.24. The molecule has 0 unspecified atom stereocenters. The summed E-state index contributed by atoms with van der Waals surface area (Å²) in [5.41, 5.74) is 0.738. The molecule has 0 aromatic carbocycles. The molecule has 0 N–H and O–H groups in total. The van der Waals surface area contributed by atoms with Crippen molar-refractivity contribution in [3.63, 3.8) is 0 Å². The molecular weight excluding hydrogens is 208 g/mol. The van der Waals surface area contributed by atoms with E-state index in [2.05, 4.69) is 20.8 Å². The van der Waals surface area contributed by atoms with Gasteiger partial charge in [0.1, 0.15) is 0 Å². The van der Waals surface area contributed by atoms with Crippen molar-refractivity contribution in [2.45, 2.75) is 71.3 Å². The summed E-state index contributed by atoms with van der Waals surface area (Å²) in [6, 6.07) is 0. The molecule has 17 heavy (non-hydrogen) atoms. The van der Waals surface area contributed by atoms with E-state index < -0.39 is 0 Å². The molecule has 0 aromatic rings. The van der Waals surface area contributed by atoms with Crippen molar-refractivity contribution in [3.8, 4) is 0 Å². The second-order valence-corrected chi connectivity index (χ2v) is 8.13. The van der Waals surface area contributed by atoms with E-state index in [1.165, 1.54) is 25.7 Å². The van der Waals surface area contributed by atoms with Gasteiger partial charge in [0.05, 0.1) is 5.60 Å². The van der Waals surface area contributed by atoms with E-state index in [4.69, 9.17) is 4.74 Å². The van der Waals surface area contributed by atoms with Crippen LogP contribution >= 0.6 is 0 Å². The van der Waals surface area contributed by atoms with E-state index in [9.17, 15) is 0 Å². The quantitative estimate of drug-likeness (QED) is 0.705. The molecule has 4 bridgehead atoms. The first-order chi connectivity index (χ1) is 7.94. The van der Waals surface area contributed by atoms with Gasteiger partial charge in [0, 0.05) is 6.61 Å². The highest BCUT2D eigenvalue weighted by atomic mass is 16.5. The summed E-state index contributed by atoms with van der Waals surface area (Å²) >= 11 is 0. The van der Waals surface area contributed by atoms with E-state index in [0.29, 0.717) is 5.41 Å². The number of rotatable bonds is 3. The summed E-state index contributed by atoms with van der Waals surface area (Å²) < 4.78 is 5.97. The van der Waals surface area contributed by atoms with E-state index in [1.54, 1.807) is 19.3 Å². The smallest absolute Gasteiger partial charge is 0.0598 e. The zero-order valence-electron chi connectivity index (χ0n) is 11.8. The van der Waals surface area contributed by atoms with Gasteiger partial charge >= 0.3 is 0 Å². The number of hydrogen-bond acceptors (Lipinski definition) is 1. The summed E-state index contributed by atoms with van der Waals surface area (Å²) in [6.07, 6.45) is 10.6. The Bertz CT molecular complexity index is 251. The molecule has 1 heteroatoms. The van der Waals surface area contributed by atoms with Crippen molar-refractivity contribution >= 4 is 0 Å². The molecule has 1 nitrogen and oxygen atoms in total. The minimum Gasteiger partial charge on any atom is -0.376 e. The predicted molar refractivity (Wildman–Crippen MR) is 70.9 cm³/mol. The molecule has 0 heterocycles. The standard InChI is InChI=1S/C16H28O/c1-15(2,3)17-5-4-16-9-12-6-13(10-16)8-14(7-12)11-16/h12-14H,4-11H2,1-3H3. The molecule has 4 saturated carbocycles. The Hall–Kier alpha value is -0.0400. The van der Waals surface area contributed by atoms with Gasteiger partial charge in [-0.25, -0.2) is 0 Å². The maximum atomic E-state index is 5.97. The highest BCUT2D eigenvalue weighted by molar-refractivity contribution is 5.01. The SMILES string of the molecule is CC(C)(C)OCCC12CC3CC(CC(C3)C1)C2. The lowest BCUT2D eigenvalue weighted by Crippen LogP contribution is -2.46. The summed E-state index contributed by atoms with van der Waals surface area (Å²) in [5, 5.41) is 0. The molecule has 0 aliphatic heterocycles. The van der Waals surface area contributed by atoms with Gasteiger partial charge in [-0.2, -0.15) is 0 Å². The van der Waals surface area contributed by atoms with Crippen LogP contribution in [0.25, 0.3) is 0 Å². The van der Waals surface area contributed by atoms with Gasteiger partial charge in [-0.05, 0) is 88.9 Å². The van der Waals surface area contributed by atoms with Gasteiger partial charge in [-0.3, -0.25) is 0 Å². The molecule has 4 rings (SSSR count). The minimum atomic E-state index is 0.0439. The molecule has 98 valence electrons. The third kappa shape index (κ3) is 2.54. The van der Waals surface area contributed by atoms with Crippen molar-refractivity contribution < 1.29 is 4.74 Å². The lowest BCUT2D eigenvalue weighted by Gasteiger charge is -2.57. The average Bonchev–Trinajstić information content (AvgIpc) is 2.11. The first-order valence-electron chi connectivity index (χ1n) is 7.58. The van der Waals surface area contributed by atoms with Crippen molar-refractivity contribution in [1.29, 1.82) is 0 Å². The van der Waals surface area contributed by atoms with Gasteiger partial charge in [0.25, 0.3) is 0 Å². The fraction of sp³-hybridized carbons (Fsp3) is 1.00. The van der Waals surface area contributed by atoms with Crippen LogP contribution in [0.4, 0.5) is 0 Å². The maximum absolute atomic E-state index is 5.97. The Labute approximate surface area is 106 Å². The van der Waals surface area contributed by atoms with Crippen LogP contribution < -0.4 is 0 Å². The number of hydrogen-bond donors (Lipinski definition) is 0. The van der Waals surface area contributed by atoms with Gasteiger partial charge < -0.3 is 4.74 Å². The predicted octanol–water partition coefficient (Wildman–Crippen LogP) is 4.41. The molecule has 0 aromatic heterocycles. The van der Waals surface area contributed by atoms with Gasteiger partial charge in [0.2, 0.25) is 0 Å². The van der Waals surface area contributed by atoms with Crippen molar-refractivity contribution in [1.82, 2.24) is 0 Å². The van der Waals surface area contributed by atoms with Crippen molar-refractivity contribution in [2.24, 2.45) is 23.2 Å². The Morgan fingerprint density at radius 2 is 1.41 bits per heavy atom. The molecule has 0 radical (unpaired) electrons. The summed E-state index contributed by atoms with van der Waals surface area (Å²) in [7, 11) is 0. The Morgan fingerprint density at radius 3 is 1.82 bits per heavy atom. The highest BCUT2D eigenvalue weighted by Crippen LogP contribution is 2.61. The fourth-order valence-electron chi connectivity index (χ4n) is 5.17. The zero-order valence-corrected chi connectivity index (χ0v) is 11.8. The Kier molecular flexibility index (Phi) is 2.81. The summed E-state index contributed by atoms with van der Waals surface area (Å²) in [4.78, 5) is 0. The molecule has 0 spiro atoms. The van der Waals surface area contributed by atoms with Crippen molar-refractivity contribution in [2.75, 3.05) is 6.61 Å². The molecule has 0 saturated heterocycles. The monoisotopic (exact) mass is 236 g/mol. The van der Waals surface area contributed by atoms with E-state index in [1.807, 2.05) is 0 Å². The summed E-state index contributed by atoms with van der Waals surface area (Å²) in [6.45, 7) is 7.50. The maximum Gasteiger partial charge on any atom is 0.0598 e. The molecule has 4 fully saturated rings. The van der Waals surface area contributed by atoms with Crippen LogP contribution in [0, 0.1) is 23.2 Å². The van der Waals surface area contributed by atoms with E-state index in [-0.39, 0.29) is 5.60 Å². The van der Waals surface area contributed by atoms with Crippen LogP contribution in [-0.4, -0.2) is 12.2 Å². The molecule has 4 aliphatic rings. The van der Waals surface area contributed by atoms with E-state index >= 15 is 0 Å². The van der Waals surface area contributed by atoms with Gasteiger partial charge in [-0.1, -0.05) is 0 Å². The second-order valence-electron chi connectivity index (χ2n) is 8.13. The highest BCUT2D eigenvalue weighted by Gasteiger charge is 2.50. The van der Waals surface area contributed by atoms with E-state index in [0.717, 1.165) is 24.4 Å². The van der Waals surface area contributed by atoms with Crippen LogP contribution in [0.5, 0.6) is 0 Å². The van der Waals surface area contributed by atoms with Gasteiger partial charge in [0.15, 0.2) is 0 Å². The average molecular weight is 236 g/mol. The second kappa shape index (κ2) is 3.98. The first-order valence-corrected chi connectivity index (χ1v) is 7.58. The molecule has 0 atom stereocenters. The minimum absolute atomic E-state index is 0.0439. The van der Waals surface area contributed by atoms with Crippen LogP contribution in [0.15, 0.2) is 0 Å². The van der Waals surface area contributed by atoms with Crippen LogP contribution in [0.3, 0.4) is 0 Å². The third-order valence-electron chi connectivity index (χ3n) is 5.33. The lowest BCUT2D eigenvalue weighted by molar-refractivity contribution is -0.0847. The third-order valence-corrected chi connectivity index (χ3v) is 5.33. The van der Waals surface area contributed by atoms with Crippen LogP contribution in [-0.2, 0) is 4.74 Å². The van der Waals surface area contributed by atoms with Gasteiger partial charge in [-0.15, -0.1) is 0 Å². The number of ether oxygens (including phenoxy) is 1. The lowest BCUT2D eigenvalue weighted by atomic mass is 9.49. The molecule has 0 amide bonds. The first kappa shape index (κ1) is 12.0. The zero-order chi connectivity index (χ0) is 12.1. The Balaban J connectivity index is 1.59. The topological polar surface area (TPSA) is 9.23 Å². The normalized spacial score (nSPS) is 44.3.